The van der Waals surface area contributed by atoms with Crippen LogP contribution in [0.4, 0.5) is 0 Å². The molecule has 1 amide bonds. The van der Waals surface area contributed by atoms with Crippen LogP contribution in [0.3, 0.4) is 0 Å². The predicted octanol–water partition coefficient (Wildman–Crippen LogP) is 2.39. The van der Waals surface area contributed by atoms with Crippen LogP contribution in [0.5, 0.6) is 0 Å². The van der Waals surface area contributed by atoms with E-state index in [2.05, 4.69) is 24.0 Å². The molecule has 1 heterocycles. The Labute approximate surface area is 134 Å². The van der Waals surface area contributed by atoms with Gasteiger partial charge in [-0.2, -0.15) is 0 Å². The van der Waals surface area contributed by atoms with Gasteiger partial charge >= 0.3 is 0 Å². The summed E-state index contributed by atoms with van der Waals surface area (Å²) in [6, 6.07) is 10.4. The highest BCUT2D eigenvalue weighted by molar-refractivity contribution is 5.78. The summed E-state index contributed by atoms with van der Waals surface area (Å²) in [5, 5.41) is 0. The van der Waals surface area contributed by atoms with Crippen molar-refractivity contribution < 1.29 is 9.53 Å². The topological polar surface area (TPSA) is 32.8 Å². The van der Waals surface area contributed by atoms with Crippen molar-refractivity contribution in [1.82, 2.24) is 9.80 Å². The summed E-state index contributed by atoms with van der Waals surface area (Å²) < 4.78 is 5.40. The number of rotatable bonds is 6. The number of carbonyl (C=O) groups excluding carboxylic acids is 1. The molecule has 0 spiro atoms. The Kier molecular flexibility index (Phi) is 6.40. The molecule has 0 N–H and O–H groups in total. The van der Waals surface area contributed by atoms with Crippen molar-refractivity contribution in [2.75, 3.05) is 32.8 Å². The average molecular weight is 304 g/mol. The molecule has 1 aliphatic rings. The van der Waals surface area contributed by atoms with Crippen LogP contribution in [-0.2, 0) is 16.1 Å². The number of ether oxygens (including phenoxy) is 1. The summed E-state index contributed by atoms with van der Waals surface area (Å²) in [6.07, 6.45) is 0. The first kappa shape index (κ1) is 17.0. The average Bonchev–Trinajstić information content (AvgIpc) is 2.53. The predicted molar refractivity (Wildman–Crippen MR) is 88.6 cm³/mol. The highest BCUT2D eigenvalue weighted by atomic mass is 16.5. The van der Waals surface area contributed by atoms with E-state index in [9.17, 15) is 4.79 Å². The molecule has 1 aromatic rings. The maximum atomic E-state index is 12.6. The minimum atomic E-state index is 0.0239. The van der Waals surface area contributed by atoms with Gasteiger partial charge < -0.3 is 9.64 Å². The number of hydrogen-bond acceptors (Lipinski definition) is 3. The van der Waals surface area contributed by atoms with E-state index < -0.39 is 0 Å². The van der Waals surface area contributed by atoms with Gasteiger partial charge in [-0.05, 0) is 12.5 Å². The Hall–Kier alpha value is -1.39. The van der Waals surface area contributed by atoms with Crippen LogP contribution in [0.2, 0.25) is 0 Å². The third-order valence-electron chi connectivity index (χ3n) is 4.13. The van der Waals surface area contributed by atoms with E-state index in [4.69, 9.17) is 4.74 Å². The van der Waals surface area contributed by atoms with Crippen molar-refractivity contribution in [3.05, 3.63) is 35.9 Å². The number of benzene rings is 1. The van der Waals surface area contributed by atoms with E-state index in [1.807, 2.05) is 36.9 Å². The molecule has 1 aromatic carbocycles. The summed E-state index contributed by atoms with van der Waals surface area (Å²) in [5.41, 5.74) is 1.19. The van der Waals surface area contributed by atoms with Crippen LogP contribution >= 0.6 is 0 Å². The molecule has 1 atom stereocenters. The molecule has 122 valence electrons. The quantitative estimate of drug-likeness (QED) is 0.809. The maximum Gasteiger partial charge on any atom is 0.225 e. The van der Waals surface area contributed by atoms with Crippen molar-refractivity contribution in [2.45, 2.75) is 33.4 Å². The van der Waals surface area contributed by atoms with Crippen molar-refractivity contribution in [1.29, 1.82) is 0 Å². The summed E-state index contributed by atoms with van der Waals surface area (Å²) in [6.45, 7) is 11.2. The van der Waals surface area contributed by atoms with Gasteiger partial charge in [0.15, 0.2) is 0 Å². The van der Waals surface area contributed by atoms with Crippen LogP contribution in [0.15, 0.2) is 30.3 Å². The molecule has 0 saturated carbocycles. The molecule has 0 aliphatic carbocycles. The molecular weight excluding hydrogens is 276 g/mol. The minimum Gasteiger partial charge on any atom is -0.379 e. The lowest BCUT2D eigenvalue weighted by atomic mass is 10.1. The third-order valence-corrected chi connectivity index (χ3v) is 4.13. The van der Waals surface area contributed by atoms with Gasteiger partial charge in [0.2, 0.25) is 5.91 Å². The molecule has 0 radical (unpaired) electrons. The minimum absolute atomic E-state index is 0.0239. The molecule has 1 fully saturated rings. The largest absolute Gasteiger partial charge is 0.379 e. The number of carbonyl (C=O) groups is 1. The Morgan fingerprint density at radius 1 is 1.18 bits per heavy atom. The summed E-state index contributed by atoms with van der Waals surface area (Å²) in [5.74, 6) is 0.250. The normalized spacial score (nSPS) is 17.5. The smallest absolute Gasteiger partial charge is 0.225 e. The van der Waals surface area contributed by atoms with Crippen LogP contribution in [-0.4, -0.2) is 54.6 Å². The van der Waals surface area contributed by atoms with E-state index >= 15 is 0 Å². The Balaban J connectivity index is 2.04. The van der Waals surface area contributed by atoms with E-state index in [0.717, 1.165) is 32.8 Å². The van der Waals surface area contributed by atoms with Crippen LogP contribution in [0, 0.1) is 5.92 Å². The first-order valence-electron chi connectivity index (χ1n) is 8.22. The summed E-state index contributed by atoms with van der Waals surface area (Å²) in [4.78, 5) is 17.0. The molecule has 0 bridgehead atoms. The van der Waals surface area contributed by atoms with Crippen molar-refractivity contribution in [3.8, 4) is 0 Å². The van der Waals surface area contributed by atoms with E-state index in [-0.39, 0.29) is 17.9 Å². The molecule has 0 aromatic heterocycles. The molecular formula is C18H28N2O2. The fourth-order valence-electron chi connectivity index (χ4n) is 2.82. The zero-order valence-electron chi connectivity index (χ0n) is 14.0. The monoisotopic (exact) mass is 304 g/mol. The van der Waals surface area contributed by atoms with Gasteiger partial charge in [0.1, 0.15) is 0 Å². The summed E-state index contributed by atoms with van der Waals surface area (Å²) >= 11 is 0. The lowest BCUT2D eigenvalue weighted by Crippen LogP contribution is -2.48. The van der Waals surface area contributed by atoms with Gasteiger partial charge in [-0.3, -0.25) is 9.69 Å². The number of morpholine rings is 1. The Morgan fingerprint density at radius 3 is 2.41 bits per heavy atom. The van der Waals surface area contributed by atoms with Gasteiger partial charge in [-0.25, -0.2) is 0 Å². The Bertz CT molecular complexity index is 455. The highest BCUT2D eigenvalue weighted by Crippen LogP contribution is 2.14. The SMILES string of the molecule is CC(C)C(=O)N(Cc1ccccc1)C(C)CN1CCOCC1. The van der Waals surface area contributed by atoms with E-state index in [1.165, 1.54) is 5.56 Å². The highest BCUT2D eigenvalue weighted by Gasteiger charge is 2.25. The first-order chi connectivity index (χ1) is 10.6. The fraction of sp³-hybridized carbons (Fsp3) is 0.611. The van der Waals surface area contributed by atoms with Gasteiger partial charge in [0.25, 0.3) is 0 Å². The van der Waals surface area contributed by atoms with Gasteiger partial charge in [0.05, 0.1) is 13.2 Å². The fourth-order valence-corrected chi connectivity index (χ4v) is 2.82. The zero-order chi connectivity index (χ0) is 15.9. The second kappa shape index (κ2) is 8.30. The summed E-state index contributed by atoms with van der Waals surface area (Å²) in [7, 11) is 0. The molecule has 2 rings (SSSR count). The van der Waals surface area contributed by atoms with Gasteiger partial charge in [0, 0.05) is 38.1 Å². The number of hydrogen-bond donors (Lipinski definition) is 0. The second-order valence-corrected chi connectivity index (χ2v) is 6.37. The molecule has 22 heavy (non-hydrogen) atoms. The third kappa shape index (κ3) is 4.82. The molecule has 4 nitrogen and oxygen atoms in total. The molecule has 1 unspecified atom stereocenters. The lowest BCUT2D eigenvalue weighted by Gasteiger charge is -2.36. The number of nitrogens with zero attached hydrogens (tertiary/aromatic N) is 2. The van der Waals surface area contributed by atoms with Crippen LogP contribution in [0.25, 0.3) is 0 Å². The number of amides is 1. The lowest BCUT2D eigenvalue weighted by molar-refractivity contribution is -0.137. The van der Waals surface area contributed by atoms with Crippen molar-refractivity contribution in [2.24, 2.45) is 5.92 Å². The van der Waals surface area contributed by atoms with Gasteiger partial charge in [-0.15, -0.1) is 0 Å². The first-order valence-corrected chi connectivity index (χ1v) is 8.22. The van der Waals surface area contributed by atoms with Gasteiger partial charge in [-0.1, -0.05) is 44.2 Å². The second-order valence-electron chi connectivity index (χ2n) is 6.37. The van der Waals surface area contributed by atoms with Crippen molar-refractivity contribution >= 4 is 5.91 Å². The standard InChI is InChI=1S/C18H28N2O2/c1-15(2)18(21)20(14-17-7-5-4-6-8-17)16(3)13-19-9-11-22-12-10-19/h4-8,15-16H,9-14H2,1-3H3. The van der Waals surface area contributed by atoms with Crippen LogP contribution < -0.4 is 0 Å². The molecule has 1 saturated heterocycles. The molecule has 4 heteroatoms. The zero-order valence-corrected chi connectivity index (χ0v) is 14.0. The Morgan fingerprint density at radius 2 is 1.82 bits per heavy atom. The van der Waals surface area contributed by atoms with E-state index in [1.54, 1.807) is 0 Å². The maximum absolute atomic E-state index is 12.6. The molecule has 1 aliphatic heterocycles. The van der Waals surface area contributed by atoms with Crippen LogP contribution in [0.1, 0.15) is 26.3 Å². The van der Waals surface area contributed by atoms with E-state index in [0.29, 0.717) is 6.54 Å². The van der Waals surface area contributed by atoms with Crippen molar-refractivity contribution in [3.63, 3.8) is 0 Å².